The van der Waals surface area contributed by atoms with Gasteiger partial charge in [0.25, 0.3) is 0 Å². The number of benzene rings is 3. The van der Waals surface area contributed by atoms with Gasteiger partial charge in [-0.25, -0.2) is 4.79 Å². The smallest absolute Gasteiger partial charge is 0.408 e. The Bertz CT molecular complexity index is 1150. The SMILES string of the molecule is CC12COC([C@@H](NC(=O)OCc3ccccc3)[C@H](O)c3ccc(OCc4ccccc4)cc3)(OC1)OC2. The van der Waals surface area contributed by atoms with Crippen molar-refractivity contribution >= 4 is 6.09 Å². The first-order valence-corrected chi connectivity index (χ1v) is 12.3. The average Bonchev–Trinajstić information content (AvgIpc) is 2.95. The number of carbonyl (C=O) groups is 1. The van der Waals surface area contributed by atoms with E-state index < -0.39 is 24.2 Å². The molecule has 0 radical (unpaired) electrons. The first kappa shape index (κ1) is 25.2. The molecule has 3 aliphatic rings. The van der Waals surface area contributed by atoms with E-state index in [4.69, 9.17) is 23.7 Å². The average molecular weight is 506 g/mol. The zero-order chi connectivity index (χ0) is 25.7. The number of fused-ring (bicyclic) bond motifs is 3. The van der Waals surface area contributed by atoms with Crippen LogP contribution in [0.15, 0.2) is 84.9 Å². The van der Waals surface area contributed by atoms with Gasteiger partial charge in [0.05, 0.1) is 19.8 Å². The summed E-state index contributed by atoms with van der Waals surface area (Å²) < 4.78 is 29.1. The Morgan fingerprint density at radius 3 is 1.97 bits per heavy atom. The molecular formula is C29H31NO7. The van der Waals surface area contributed by atoms with Crippen LogP contribution in [-0.4, -0.2) is 43.0 Å². The molecule has 2 N–H and O–H groups in total. The number of nitrogens with one attached hydrogen (secondary N) is 1. The largest absolute Gasteiger partial charge is 0.489 e. The lowest BCUT2D eigenvalue weighted by Gasteiger charge is -2.53. The number of aliphatic hydroxyl groups excluding tert-OH is 1. The molecular weight excluding hydrogens is 474 g/mol. The molecule has 3 aromatic carbocycles. The molecule has 8 nitrogen and oxygen atoms in total. The van der Waals surface area contributed by atoms with Crippen LogP contribution in [0.5, 0.6) is 5.75 Å². The van der Waals surface area contributed by atoms with Gasteiger partial charge in [-0.2, -0.15) is 0 Å². The topological polar surface area (TPSA) is 95.5 Å². The van der Waals surface area contributed by atoms with Crippen molar-refractivity contribution in [3.8, 4) is 5.75 Å². The quantitative estimate of drug-likeness (QED) is 0.447. The molecule has 3 saturated heterocycles. The predicted molar refractivity (Wildman–Crippen MR) is 134 cm³/mol. The van der Waals surface area contributed by atoms with Crippen molar-refractivity contribution in [2.45, 2.75) is 38.3 Å². The Hall–Kier alpha value is -3.43. The summed E-state index contributed by atoms with van der Waals surface area (Å²) in [6.45, 7) is 3.64. The van der Waals surface area contributed by atoms with Crippen LogP contribution >= 0.6 is 0 Å². The van der Waals surface area contributed by atoms with Gasteiger partial charge >= 0.3 is 12.1 Å². The van der Waals surface area contributed by atoms with Crippen molar-refractivity contribution in [2.24, 2.45) is 5.41 Å². The predicted octanol–water partition coefficient (Wildman–Crippen LogP) is 4.33. The number of hydrogen-bond donors (Lipinski definition) is 2. The number of alkyl carbamates (subject to hydrolysis) is 1. The molecule has 0 saturated carbocycles. The zero-order valence-corrected chi connectivity index (χ0v) is 20.7. The molecule has 8 heteroatoms. The maximum Gasteiger partial charge on any atom is 0.408 e. The minimum Gasteiger partial charge on any atom is -0.489 e. The number of ether oxygens (including phenoxy) is 5. The second-order valence-corrected chi connectivity index (χ2v) is 9.75. The van der Waals surface area contributed by atoms with Crippen LogP contribution in [0.25, 0.3) is 0 Å². The van der Waals surface area contributed by atoms with E-state index >= 15 is 0 Å². The van der Waals surface area contributed by atoms with Gasteiger partial charge in [-0.3, -0.25) is 0 Å². The van der Waals surface area contributed by atoms with E-state index in [2.05, 4.69) is 5.32 Å². The summed E-state index contributed by atoms with van der Waals surface area (Å²) in [5.74, 6) is -0.981. The lowest BCUT2D eigenvalue weighted by atomic mass is 9.90. The minimum absolute atomic E-state index is 0.0799. The first-order valence-electron chi connectivity index (χ1n) is 12.3. The highest BCUT2D eigenvalue weighted by molar-refractivity contribution is 5.68. The fourth-order valence-electron chi connectivity index (χ4n) is 4.29. The van der Waals surface area contributed by atoms with Crippen LogP contribution in [0.1, 0.15) is 29.7 Å². The van der Waals surface area contributed by atoms with Crippen LogP contribution in [0, 0.1) is 5.41 Å². The van der Waals surface area contributed by atoms with Crippen LogP contribution in [-0.2, 0) is 32.2 Å². The van der Waals surface area contributed by atoms with E-state index in [-0.39, 0.29) is 12.0 Å². The number of aliphatic hydroxyl groups is 1. The number of amides is 1. The van der Waals surface area contributed by atoms with Gasteiger partial charge < -0.3 is 34.1 Å². The summed E-state index contributed by atoms with van der Waals surface area (Å²) in [5, 5.41) is 14.1. The summed E-state index contributed by atoms with van der Waals surface area (Å²) >= 11 is 0. The van der Waals surface area contributed by atoms with Gasteiger partial charge in [-0.15, -0.1) is 0 Å². The second kappa shape index (κ2) is 10.9. The third-order valence-corrected chi connectivity index (χ3v) is 6.52. The van der Waals surface area contributed by atoms with Crippen LogP contribution in [0.2, 0.25) is 0 Å². The summed E-state index contributed by atoms with van der Waals surface area (Å²) in [4.78, 5) is 12.8. The lowest BCUT2D eigenvalue weighted by Crippen LogP contribution is -2.68. The minimum atomic E-state index is -1.63. The van der Waals surface area contributed by atoms with Crippen molar-refractivity contribution in [1.82, 2.24) is 5.32 Å². The highest BCUT2D eigenvalue weighted by Crippen LogP contribution is 2.42. The monoisotopic (exact) mass is 505 g/mol. The summed E-state index contributed by atoms with van der Waals surface area (Å²) in [7, 11) is 0. The highest BCUT2D eigenvalue weighted by atomic mass is 16.9. The van der Waals surface area contributed by atoms with E-state index in [1.807, 2.05) is 67.6 Å². The van der Waals surface area contributed by atoms with Crippen LogP contribution in [0.4, 0.5) is 4.79 Å². The number of hydrogen-bond acceptors (Lipinski definition) is 7. The highest BCUT2D eigenvalue weighted by Gasteiger charge is 2.57. The van der Waals surface area contributed by atoms with E-state index in [9.17, 15) is 9.90 Å². The fraction of sp³-hybridized carbons (Fsp3) is 0.345. The molecule has 37 heavy (non-hydrogen) atoms. The zero-order valence-electron chi connectivity index (χ0n) is 20.7. The molecule has 0 aromatic heterocycles. The van der Waals surface area contributed by atoms with Gasteiger partial charge in [0.2, 0.25) is 0 Å². The molecule has 0 unspecified atom stereocenters. The Morgan fingerprint density at radius 1 is 0.865 bits per heavy atom. The molecule has 0 spiro atoms. The molecule has 194 valence electrons. The van der Waals surface area contributed by atoms with Gasteiger partial charge in [0, 0.05) is 5.41 Å². The third kappa shape index (κ3) is 5.94. The van der Waals surface area contributed by atoms with Gasteiger partial charge in [0.15, 0.2) is 0 Å². The van der Waals surface area contributed by atoms with Crippen molar-refractivity contribution in [3.63, 3.8) is 0 Å². The summed E-state index contributed by atoms with van der Waals surface area (Å²) in [6, 6.07) is 25.1. The second-order valence-electron chi connectivity index (χ2n) is 9.75. The first-order chi connectivity index (χ1) is 17.9. The Kier molecular flexibility index (Phi) is 7.43. The van der Waals surface area contributed by atoms with Gasteiger partial charge in [0.1, 0.15) is 31.1 Å². The molecule has 3 fully saturated rings. The van der Waals surface area contributed by atoms with Crippen LogP contribution < -0.4 is 10.1 Å². The van der Waals surface area contributed by atoms with Crippen LogP contribution in [0.3, 0.4) is 0 Å². The summed E-state index contributed by atoms with van der Waals surface area (Å²) in [5.41, 5.74) is 2.15. The van der Waals surface area contributed by atoms with Crippen molar-refractivity contribution in [2.75, 3.05) is 19.8 Å². The molecule has 6 rings (SSSR count). The molecule has 2 bridgehead atoms. The molecule has 1 amide bonds. The molecule has 3 heterocycles. The van der Waals surface area contributed by atoms with E-state index in [0.717, 1.165) is 11.1 Å². The lowest BCUT2D eigenvalue weighted by molar-refractivity contribution is -0.478. The molecule has 3 aliphatic heterocycles. The van der Waals surface area contributed by atoms with E-state index in [1.165, 1.54) is 0 Å². The van der Waals surface area contributed by atoms with Crippen molar-refractivity contribution in [3.05, 3.63) is 102 Å². The van der Waals surface area contributed by atoms with E-state index in [0.29, 0.717) is 37.7 Å². The maximum atomic E-state index is 12.8. The van der Waals surface area contributed by atoms with Gasteiger partial charge in [-0.05, 0) is 28.8 Å². The molecule has 0 aliphatic carbocycles. The number of carbonyl (C=O) groups excluding carboxylic acids is 1. The standard InChI is InChI=1S/C29H31NO7/c1-28-18-35-29(36-19-28,37-20-28)26(30-27(32)34-17-22-10-6-3-7-11-22)25(31)23-12-14-24(15-13-23)33-16-21-8-4-2-5-9-21/h2-15,25-26,31H,16-20H2,1H3,(H,30,32)/t25-,26+,28?,29?/m1/s1. The fourth-order valence-corrected chi connectivity index (χ4v) is 4.29. The normalized spacial score (nSPS) is 24.2. The van der Waals surface area contributed by atoms with Crippen molar-refractivity contribution < 1.29 is 33.6 Å². The summed E-state index contributed by atoms with van der Waals surface area (Å²) in [6.07, 6.45) is -1.94. The van der Waals surface area contributed by atoms with Gasteiger partial charge in [-0.1, -0.05) is 79.7 Å². The third-order valence-electron chi connectivity index (χ3n) is 6.52. The Labute approximate surface area is 216 Å². The molecule has 3 aromatic rings. The number of rotatable bonds is 9. The molecule has 2 atom stereocenters. The Balaban J connectivity index is 1.29. The maximum absolute atomic E-state index is 12.8. The van der Waals surface area contributed by atoms with Crippen molar-refractivity contribution in [1.29, 1.82) is 0 Å². The Morgan fingerprint density at radius 2 is 1.41 bits per heavy atom. The van der Waals surface area contributed by atoms with E-state index in [1.54, 1.807) is 24.3 Å².